The lowest BCUT2D eigenvalue weighted by atomic mass is 10.1. The van der Waals surface area contributed by atoms with Gasteiger partial charge in [-0.1, -0.05) is 13.8 Å². The Balaban J connectivity index is 1.99. The van der Waals surface area contributed by atoms with Crippen LogP contribution in [-0.4, -0.2) is 41.3 Å². The van der Waals surface area contributed by atoms with Gasteiger partial charge >= 0.3 is 0 Å². The molecule has 0 aliphatic carbocycles. The molecule has 0 spiro atoms. The Morgan fingerprint density at radius 1 is 1.29 bits per heavy atom. The molecule has 1 atom stereocenters. The number of nitrogens with one attached hydrogen (secondary N) is 1. The van der Waals surface area contributed by atoms with Gasteiger partial charge < -0.3 is 14.8 Å². The lowest BCUT2D eigenvalue weighted by Crippen LogP contribution is -2.27. The maximum atomic E-state index is 5.81. The van der Waals surface area contributed by atoms with E-state index in [4.69, 9.17) is 19.4 Å². The van der Waals surface area contributed by atoms with Gasteiger partial charge in [0.15, 0.2) is 0 Å². The van der Waals surface area contributed by atoms with Crippen molar-refractivity contribution in [3.05, 3.63) is 17.6 Å². The highest BCUT2D eigenvalue weighted by Crippen LogP contribution is 2.31. The van der Waals surface area contributed by atoms with E-state index in [1.54, 1.807) is 7.11 Å². The van der Waals surface area contributed by atoms with Crippen molar-refractivity contribution in [2.24, 2.45) is 0 Å². The van der Waals surface area contributed by atoms with Gasteiger partial charge in [0, 0.05) is 24.8 Å². The number of methoxy groups -OCH3 is 1. The van der Waals surface area contributed by atoms with Crippen LogP contribution in [-0.2, 0) is 4.74 Å². The standard InChI is InChI=1S/C18H26N4O2/c1-11(2)16-21-14-9-12(3)20-18(23-4)15(14)17(22-16)19-10-13-7-5-6-8-24-13/h9,11,13H,5-8,10H2,1-4H3,(H,19,21,22). The fraction of sp³-hybridized carbons (Fsp3) is 0.611. The Kier molecular flexibility index (Phi) is 5.14. The average Bonchev–Trinajstić information content (AvgIpc) is 2.59. The smallest absolute Gasteiger partial charge is 0.226 e. The predicted octanol–water partition coefficient (Wildman–Crippen LogP) is 3.45. The molecule has 2 aromatic heterocycles. The van der Waals surface area contributed by atoms with Gasteiger partial charge in [-0.2, -0.15) is 0 Å². The zero-order chi connectivity index (χ0) is 17.1. The molecule has 0 aromatic carbocycles. The minimum absolute atomic E-state index is 0.232. The highest BCUT2D eigenvalue weighted by molar-refractivity contribution is 5.93. The van der Waals surface area contributed by atoms with E-state index >= 15 is 0 Å². The zero-order valence-corrected chi connectivity index (χ0v) is 14.9. The SMILES string of the molecule is COc1nc(C)cc2nc(C(C)C)nc(NCC3CCCCO3)c12. The molecule has 3 heterocycles. The molecule has 1 N–H and O–H groups in total. The van der Waals surface area contributed by atoms with Gasteiger partial charge in [0.05, 0.1) is 18.7 Å². The quantitative estimate of drug-likeness (QED) is 0.905. The molecule has 1 fully saturated rings. The molecular weight excluding hydrogens is 304 g/mol. The van der Waals surface area contributed by atoms with Gasteiger partial charge in [0.2, 0.25) is 5.88 Å². The highest BCUT2D eigenvalue weighted by atomic mass is 16.5. The Labute approximate surface area is 143 Å². The minimum atomic E-state index is 0.232. The second-order valence-electron chi connectivity index (χ2n) is 6.62. The fourth-order valence-corrected chi connectivity index (χ4v) is 2.97. The minimum Gasteiger partial charge on any atom is -0.480 e. The summed E-state index contributed by atoms with van der Waals surface area (Å²) in [5, 5.41) is 4.29. The van der Waals surface area contributed by atoms with E-state index < -0.39 is 0 Å². The summed E-state index contributed by atoms with van der Waals surface area (Å²) in [6, 6.07) is 1.98. The monoisotopic (exact) mass is 330 g/mol. The van der Waals surface area contributed by atoms with Crippen molar-refractivity contribution in [3.8, 4) is 5.88 Å². The summed E-state index contributed by atoms with van der Waals surface area (Å²) >= 11 is 0. The van der Waals surface area contributed by atoms with Crippen molar-refractivity contribution in [2.75, 3.05) is 25.6 Å². The number of aromatic nitrogens is 3. The molecule has 1 saturated heterocycles. The molecule has 130 valence electrons. The topological polar surface area (TPSA) is 69.2 Å². The van der Waals surface area contributed by atoms with E-state index in [0.717, 1.165) is 54.2 Å². The second kappa shape index (κ2) is 7.30. The van der Waals surface area contributed by atoms with Crippen LogP contribution in [0.2, 0.25) is 0 Å². The van der Waals surface area contributed by atoms with E-state index in [1.807, 2.05) is 13.0 Å². The van der Waals surface area contributed by atoms with Crippen LogP contribution in [0.25, 0.3) is 10.9 Å². The summed E-state index contributed by atoms with van der Waals surface area (Å²) in [4.78, 5) is 13.9. The zero-order valence-electron chi connectivity index (χ0n) is 14.9. The van der Waals surface area contributed by atoms with Gasteiger partial charge in [-0.25, -0.2) is 15.0 Å². The van der Waals surface area contributed by atoms with Gasteiger partial charge in [0.25, 0.3) is 0 Å². The number of hydrogen-bond acceptors (Lipinski definition) is 6. The van der Waals surface area contributed by atoms with Crippen LogP contribution in [0, 0.1) is 6.92 Å². The van der Waals surface area contributed by atoms with Crippen molar-refractivity contribution in [2.45, 2.75) is 52.1 Å². The number of anilines is 1. The number of aryl methyl sites for hydroxylation is 1. The molecule has 0 amide bonds. The Morgan fingerprint density at radius 3 is 2.79 bits per heavy atom. The molecule has 1 aliphatic heterocycles. The van der Waals surface area contributed by atoms with Crippen LogP contribution in [0.15, 0.2) is 6.07 Å². The maximum absolute atomic E-state index is 5.81. The number of nitrogens with zero attached hydrogens (tertiary/aromatic N) is 3. The maximum Gasteiger partial charge on any atom is 0.226 e. The van der Waals surface area contributed by atoms with E-state index in [2.05, 4.69) is 24.1 Å². The molecule has 24 heavy (non-hydrogen) atoms. The first-order chi connectivity index (χ1) is 11.6. The van der Waals surface area contributed by atoms with Gasteiger partial charge in [-0.3, -0.25) is 0 Å². The lowest BCUT2D eigenvalue weighted by molar-refractivity contribution is 0.0247. The molecule has 6 heteroatoms. The third-order valence-electron chi connectivity index (χ3n) is 4.27. The molecule has 2 aromatic rings. The van der Waals surface area contributed by atoms with Gasteiger partial charge in [0.1, 0.15) is 17.0 Å². The summed E-state index contributed by atoms with van der Waals surface area (Å²) < 4.78 is 11.3. The number of rotatable bonds is 5. The summed E-state index contributed by atoms with van der Waals surface area (Å²) in [6.07, 6.45) is 3.69. The average molecular weight is 330 g/mol. The molecule has 3 rings (SSSR count). The summed E-state index contributed by atoms with van der Waals surface area (Å²) in [5.74, 6) is 2.41. The summed E-state index contributed by atoms with van der Waals surface area (Å²) in [5.41, 5.74) is 1.75. The second-order valence-corrected chi connectivity index (χ2v) is 6.62. The fourth-order valence-electron chi connectivity index (χ4n) is 2.97. The molecule has 1 unspecified atom stereocenters. The van der Waals surface area contributed by atoms with Crippen molar-refractivity contribution < 1.29 is 9.47 Å². The van der Waals surface area contributed by atoms with Crippen LogP contribution in [0.3, 0.4) is 0 Å². The van der Waals surface area contributed by atoms with Crippen LogP contribution < -0.4 is 10.1 Å². The molecular formula is C18H26N4O2. The first kappa shape index (κ1) is 16.9. The van der Waals surface area contributed by atoms with Crippen LogP contribution in [0.5, 0.6) is 5.88 Å². The summed E-state index contributed by atoms with van der Waals surface area (Å²) in [7, 11) is 1.63. The summed E-state index contributed by atoms with van der Waals surface area (Å²) in [6.45, 7) is 7.72. The number of fused-ring (bicyclic) bond motifs is 1. The largest absolute Gasteiger partial charge is 0.480 e. The Bertz CT molecular complexity index is 712. The van der Waals surface area contributed by atoms with E-state index in [1.165, 1.54) is 6.42 Å². The Hall–Kier alpha value is -1.95. The normalized spacial score (nSPS) is 18.1. The first-order valence-electron chi connectivity index (χ1n) is 8.67. The van der Waals surface area contributed by atoms with Crippen LogP contribution in [0.4, 0.5) is 5.82 Å². The third-order valence-corrected chi connectivity index (χ3v) is 4.27. The number of ether oxygens (including phenoxy) is 2. The van der Waals surface area contributed by atoms with Crippen LogP contribution >= 0.6 is 0 Å². The molecule has 0 saturated carbocycles. The van der Waals surface area contributed by atoms with Gasteiger partial charge in [-0.15, -0.1) is 0 Å². The van der Waals surface area contributed by atoms with E-state index in [0.29, 0.717) is 5.88 Å². The number of pyridine rings is 1. The van der Waals surface area contributed by atoms with Crippen molar-refractivity contribution >= 4 is 16.7 Å². The molecule has 0 radical (unpaired) electrons. The van der Waals surface area contributed by atoms with E-state index in [-0.39, 0.29) is 12.0 Å². The van der Waals surface area contributed by atoms with Crippen molar-refractivity contribution in [1.82, 2.24) is 15.0 Å². The first-order valence-corrected chi connectivity index (χ1v) is 8.67. The highest BCUT2D eigenvalue weighted by Gasteiger charge is 2.18. The van der Waals surface area contributed by atoms with E-state index in [9.17, 15) is 0 Å². The third kappa shape index (κ3) is 3.59. The Morgan fingerprint density at radius 2 is 2.12 bits per heavy atom. The molecule has 0 bridgehead atoms. The van der Waals surface area contributed by atoms with Crippen molar-refractivity contribution in [3.63, 3.8) is 0 Å². The van der Waals surface area contributed by atoms with Crippen LogP contribution in [0.1, 0.15) is 50.5 Å². The lowest BCUT2D eigenvalue weighted by Gasteiger charge is -2.23. The predicted molar refractivity (Wildman–Crippen MR) is 94.8 cm³/mol. The van der Waals surface area contributed by atoms with Gasteiger partial charge in [-0.05, 0) is 32.3 Å². The molecule has 1 aliphatic rings. The number of hydrogen-bond donors (Lipinski definition) is 1. The van der Waals surface area contributed by atoms with Crippen molar-refractivity contribution in [1.29, 1.82) is 0 Å². The molecule has 6 nitrogen and oxygen atoms in total.